The molecule has 0 bridgehead atoms. The molecule has 0 saturated heterocycles. The van der Waals surface area contributed by atoms with Gasteiger partial charge in [0.2, 0.25) is 0 Å². The average Bonchev–Trinajstić information content (AvgIpc) is 2.50. The van der Waals surface area contributed by atoms with Crippen molar-refractivity contribution in [2.45, 2.75) is 12.8 Å². The lowest BCUT2D eigenvalue weighted by Gasteiger charge is -2.18. The molecule has 0 fully saturated rings. The first-order valence-electron chi connectivity index (χ1n) is 6.98. The van der Waals surface area contributed by atoms with Gasteiger partial charge in [0, 0.05) is 37.6 Å². The van der Waals surface area contributed by atoms with Crippen molar-refractivity contribution in [3.05, 3.63) is 59.6 Å². The van der Waals surface area contributed by atoms with Crippen LogP contribution >= 0.6 is 0 Å². The number of aryl methyl sites for hydroxylation is 1. The number of aromatic nitrogens is 2. The SMILES string of the molecule is CN(C)/C=C1/CCc2nc(-c3ccccc3)ncc2C1=O. The summed E-state index contributed by atoms with van der Waals surface area (Å²) in [6.07, 6.45) is 5.06. The molecule has 0 radical (unpaired) electrons. The van der Waals surface area contributed by atoms with Gasteiger partial charge in [-0.15, -0.1) is 0 Å². The van der Waals surface area contributed by atoms with Crippen molar-refractivity contribution in [1.82, 2.24) is 14.9 Å². The average molecular weight is 279 g/mol. The molecule has 1 heterocycles. The Kier molecular flexibility index (Phi) is 3.52. The number of Topliss-reactive ketones (excluding diaryl/α,β-unsaturated/α-hetero) is 1. The maximum atomic E-state index is 12.4. The summed E-state index contributed by atoms with van der Waals surface area (Å²) in [5.74, 6) is 0.728. The second-order valence-corrected chi connectivity index (χ2v) is 5.37. The largest absolute Gasteiger partial charge is 0.383 e. The zero-order valence-corrected chi connectivity index (χ0v) is 12.2. The number of rotatable bonds is 2. The summed E-state index contributed by atoms with van der Waals surface area (Å²) < 4.78 is 0. The number of hydrogen-bond acceptors (Lipinski definition) is 4. The highest BCUT2D eigenvalue weighted by molar-refractivity contribution is 6.10. The van der Waals surface area contributed by atoms with Crippen LogP contribution in [0.4, 0.5) is 0 Å². The Morgan fingerprint density at radius 2 is 1.90 bits per heavy atom. The molecule has 1 aliphatic carbocycles. The van der Waals surface area contributed by atoms with Gasteiger partial charge >= 0.3 is 0 Å². The van der Waals surface area contributed by atoms with E-state index >= 15 is 0 Å². The number of carbonyl (C=O) groups is 1. The molecular weight excluding hydrogens is 262 g/mol. The van der Waals surface area contributed by atoms with Gasteiger partial charge in [-0.05, 0) is 12.8 Å². The summed E-state index contributed by atoms with van der Waals surface area (Å²) in [5.41, 5.74) is 3.28. The fraction of sp³-hybridized carbons (Fsp3) is 0.235. The van der Waals surface area contributed by atoms with E-state index in [0.717, 1.165) is 29.7 Å². The summed E-state index contributed by atoms with van der Waals surface area (Å²) in [7, 11) is 3.84. The Balaban J connectivity index is 1.98. The highest BCUT2D eigenvalue weighted by atomic mass is 16.1. The van der Waals surface area contributed by atoms with Crippen molar-refractivity contribution < 1.29 is 4.79 Å². The van der Waals surface area contributed by atoms with Crippen LogP contribution in [0.5, 0.6) is 0 Å². The first-order chi connectivity index (χ1) is 10.1. The van der Waals surface area contributed by atoms with Gasteiger partial charge in [0.1, 0.15) is 0 Å². The Hall–Kier alpha value is -2.49. The summed E-state index contributed by atoms with van der Waals surface area (Å²) in [4.78, 5) is 23.3. The zero-order valence-electron chi connectivity index (χ0n) is 12.2. The number of benzene rings is 1. The number of fused-ring (bicyclic) bond motifs is 1. The molecule has 2 aromatic rings. The zero-order chi connectivity index (χ0) is 14.8. The van der Waals surface area contributed by atoms with E-state index in [0.29, 0.717) is 11.4 Å². The van der Waals surface area contributed by atoms with Gasteiger partial charge in [-0.3, -0.25) is 4.79 Å². The number of allylic oxidation sites excluding steroid dienone is 1. The Bertz CT molecular complexity index is 705. The van der Waals surface area contributed by atoms with Crippen LogP contribution in [0.3, 0.4) is 0 Å². The lowest BCUT2D eigenvalue weighted by Crippen LogP contribution is -2.19. The predicted octanol–water partition coefficient (Wildman–Crippen LogP) is 2.72. The molecule has 106 valence electrons. The fourth-order valence-corrected chi connectivity index (χ4v) is 2.50. The van der Waals surface area contributed by atoms with Gasteiger partial charge in [-0.25, -0.2) is 9.97 Å². The van der Waals surface area contributed by atoms with E-state index in [2.05, 4.69) is 9.97 Å². The van der Waals surface area contributed by atoms with Crippen LogP contribution in [-0.2, 0) is 6.42 Å². The molecular formula is C17H17N3O. The molecule has 21 heavy (non-hydrogen) atoms. The molecule has 3 rings (SSSR count). The summed E-state index contributed by atoms with van der Waals surface area (Å²) in [6.45, 7) is 0. The molecule has 0 aliphatic heterocycles. The molecule has 1 aliphatic rings. The smallest absolute Gasteiger partial charge is 0.193 e. The van der Waals surface area contributed by atoms with E-state index < -0.39 is 0 Å². The maximum absolute atomic E-state index is 12.4. The van der Waals surface area contributed by atoms with E-state index in [1.807, 2.05) is 55.5 Å². The number of carbonyl (C=O) groups excluding carboxylic acids is 1. The normalized spacial score (nSPS) is 15.9. The molecule has 4 heteroatoms. The van der Waals surface area contributed by atoms with E-state index in [1.165, 1.54) is 0 Å². The van der Waals surface area contributed by atoms with Crippen LogP contribution < -0.4 is 0 Å². The second kappa shape index (κ2) is 5.48. The third-order valence-corrected chi connectivity index (χ3v) is 3.48. The summed E-state index contributed by atoms with van der Waals surface area (Å²) >= 11 is 0. The van der Waals surface area contributed by atoms with Crippen LogP contribution in [0, 0.1) is 0 Å². The van der Waals surface area contributed by atoms with Crippen molar-refractivity contribution in [2.24, 2.45) is 0 Å². The predicted molar refractivity (Wildman–Crippen MR) is 81.9 cm³/mol. The summed E-state index contributed by atoms with van der Waals surface area (Å²) in [5, 5.41) is 0. The van der Waals surface area contributed by atoms with Crippen molar-refractivity contribution in [3.8, 4) is 11.4 Å². The third-order valence-electron chi connectivity index (χ3n) is 3.48. The van der Waals surface area contributed by atoms with Crippen LogP contribution in [0.2, 0.25) is 0 Å². The highest BCUT2D eigenvalue weighted by Crippen LogP contribution is 2.25. The number of ketones is 1. The molecule has 1 aromatic heterocycles. The van der Waals surface area contributed by atoms with Crippen molar-refractivity contribution in [1.29, 1.82) is 0 Å². The van der Waals surface area contributed by atoms with Gasteiger partial charge in [0.05, 0.1) is 11.3 Å². The number of hydrogen-bond donors (Lipinski definition) is 0. The monoisotopic (exact) mass is 279 g/mol. The van der Waals surface area contributed by atoms with Crippen molar-refractivity contribution >= 4 is 5.78 Å². The Morgan fingerprint density at radius 3 is 2.62 bits per heavy atom. The molecule has 1 aromatic carbocycles. The second-order valence-electron chi connectivity index (χ2n) is 5.37. The molecule has 4 nitrogen and oxygen atoms in total. The third kappa shape index (κ3) is 2.70. The quantitative estimate of drug-likeness (QED) is 0.793. The first-order valence-corrected chi connectivity index (χ1v) is 6.98. The van der Waals surface area contributed by atoms with Gasteiger partial charge in [-0.2, -0.15) is 0 Å². The Morgan fingerprint density at radius 1 is 1.14 bits per heavy atom. The summed E-state index contributed by atoms with van der Waals surface area (Å²) in [6, 6.07) is 9.83. The van der Waals surface area contributed by atoms with Crippen molar-refractivity contribution in [3.63, 3.8) is 0 Å². The van der Waals surface area contributed by atoms with E-state index in [-0.39, 0.29) is 5.78 Å². The highest BCUT2D eigenvalue weighted by Gasteiger charge is 2.24. The first kappa shape index (κ1) is 13.5. The molecule has 0 unspecified atom stereocenters. The molecule has 0 atom stereocenters. The van der Waals surface area contributed by atoms with E-state index in [4.69, 9.17) is 0 Å². The van der Waals surface area contributed by atoms with Gasteiger partial charge < -0.3 is 4.90 Å². The minimum Gasteiger partial charge on any atom is -0.383 e. The minimum atomic E-state index is 0.0459. The molecule has 0 amide bonds. The molecule has 0 N–H and O–H groups in total. The lowest BCUT2D eigenvalue weighted by atomic mass is 9.91. The van der Waals surface area contributed by atoms with Crippen LogP contribution in [0.25, 0.3) is 11.4 Å². The van der Waals surface area contributed by atoms with E-state index in [9.17, 15) is 4.79 Å². The minimum absolute atomic E-state index is 0.0459. The van der Waals surface area contributed by atoms with E-state index in [1.54, 1.807) is 6.20 Å². The topological polar surface area (TPSA) is 46.1 Å². The van der Waals surface area contributed by atoms with Crippen molar-refractivity contribution in [2.75, 3.05) is 14.1 Å². The fourth-order valence-electron chi connectivity index (χ4n) is 2.50. The van der Waals surface area contributed by atoms with Gasteiger partial charge in [-0.1, -0.05) is 30.3 Å². The van der Waals surface area contributed by atoms with Crippen LogP contribution in [-0.4, -0.2) is 34.7 Å². The standard InChI is InChI=1S/C17H17N3O/c1-20(2)11-13-8-9-15-14(16(13)21)10-18-17(19-15)12-6-4-3-5-7-12/h3-7,10-11H,8-9H2,1-2H3/b13-11-. The van der Waals surface area contributed by atoms with Gasteiger partial charge in [0.25, 0.3) is 0 Å². The molecule has 0 saturated carbocycles. The molecule has 0 spiro atoms. The Labute approximate surface area is 124 Å². The lowest BCUT2D eigenvalue weighted by molar-refractivity contribution is 0.102. The van der Waals surface area contributed by atoms with Crippen LogP contribution in [0.15, 0.2) is 48.3 Å². The maximum Gasteiger partial charge on any atom is 0.193 e. The number of nitrogens with zero attached hydrogens (tertiary/aromatic N) is 3. The van der Waals surface area contributed by atoms with Crippen LogP contribution in [0.1, 0.15) is 22.5 Å². The van der Waals surface area contributed by atoms with Gasteiger partial charge in [0.15, 0.2) is 11.6 Å².